The third-order valence-electron chi connectivity index (χ3n) is 3.36. The number of hydrogen-bond acceptors (Lipinski definition) is 3. The first kappa shape index (κ1) is 14.3. The smallest absolute Gasteiger partial charge is 0.227 e. The molecule has 0 radical (unpaired) electrons. The lowest BCUT2D eigenvalue weighted by atomic mass is 10.2. The number of amides is 1. The highest BCUT2D eigenvalue weighted by atomic mass is 32.2. The summed E-state index contributed by atoms with van der Waals surface area (Å²) < 4.78 is 0. The summed E-state index contributed by atoms with van der Waals surface area (Å²) in [6.07, 6.45) is 6.28. The minimum atomic E-state index is 0.248. The number of thioether (sulfide) groups is 1. The van der Waals surface area contributed by atoms with Crippen molar-refractivity contribution in [3.63, 3.8) is 0 Å². The summed E-state index contributed by atoms with van der Waals surface area (Å²) in [6.45, 7) is 1.88. The molecule has 4 heteroatoms. The first-order valence-electron chi connectivity index (χ1n) is 6.94. The lowest BCUT2D eigenvalue weighted by Gasteiger charge is -2.16. The van der Waals surface area contributed by atoms with Crippen LogP contribution < -0.4 is 10.2 Å². The van der Waals surface area contributed by atoms with Gasteiger partial charge in [-0.1, -0.05) is 0 Å². The molecule has 1 aliphatic rings. The van der Waals surface area contributed by atoms with Crippen LogP contribution in [0.25, 0.3) is 0 Å². The van der Waals surface area contributed by atoms with E-state index in [0.29, 0.717) is 6.42 Å². The molecule has 19 heavy (non-hydrogen) atoms. The van der Waals surface area contributed by atoms with E-state index in [1.807, 2.05) is 28.8 Å². The van der Waals surface area contributed by atoms with E-state index in [-0.39, 0.29) is 5.91 Å². The standard InChI is InChI=1S/C15H22N2OS/c1-19-12-3-2-10-16-13-6-8-14(9-7-13)17-11-4-5-15(17)18/h6-9,16H,2-5,10-12H2,1H3. The molecule has 0 unspecified atom stereocenters. The van der Waals surface area contributed by atoms with Gasteiger partial charge in [0.1, 0.15) is 0 Å². The number of anilines is 2. The molecule has 1 fully saturated rings. The monoisotopic (exact) mass is 278 g/mol. The Kier molecular flexibility index (Phi) is 5.58. The zero-order valence-corrected chi connectivity index (χ0v) is 12.3. The van der Waals surface area contributed by atoms with E-state index in [2.05, 4.69) is 23.7 Å². The van der Waals surface area contributed by atoms with E-state index in [1.165, 1.54) is 18.6 Å². The molecule has 0 saturated carbocycles. The van der Waals surface area contributed by atoms with Gasteiger partial charge in [-0.3, -0.25) is 4.79 Å². The first-order valence-corrected chi connectivity index (χ1v) is 8.34. The predicted molar refractivity (Wildman–Crippen MR) is 84.1 cm³/mol. The number of unbranched alkanes of at least 4 members (excludes halogenated alkanes) is 1. The van der Waals surface area contributed by atoms with Crippen LogP contribution in [-0.2, 0) is 4.79 Å². The first-order chi connectivity index (χ1) is 9.31. The van der Waals surface area contributed by atoms with Gasteiger partial charge in [-0.2, -0.15) is 11.8 Å². The van der Waals surface area contributed by atoms with Crippen molar-refractivity contribution < 1.29 is 4.79 Å². The average Bonchev–Trinajstić information content (AvgIpc) is 2.86. The van der Waals surface area contributed by atoms with E-state index >= 15 is 0 Å². The summed E-state index contributed by atoms with van der Waals surface area (Å²) in [5, 5.41) is 3.42. The van der Waals surface area contributed by atoms with Gasteiger partial charge in [-0.15, -0.1) is 0 Å². The molecule has 1 N–H and O–H groups in total. The Morgan fingerprint density at radius 1 is 1.26 bits per heavy atom. The van der Waals surface area contributed by atoms with Gasteiger partial charge in [-0.05, 0) is 55.5 Å². The van der Waals surface area contributed by atoms with E-state index in [4.69, 9.17) is 0 Å². The SMILES string of the molecule is CSCCCCNc1ccc(N2CCCC2=O)cc1. The van der Waals surface area contributed by atoms with Gasteiger partial charge in [0.15, 0.2) is 0 Å². The number of hydrogen-bond donors (Lipinski definition) is 1. The van der Waals surface area contributed by atoms with Gasteiger partial charge in [0.25, 0.3) is 0 Å². The van der Waals surface area contributed by atoms with Crippen molar-refractivity contribution >= 4 is 29.0 Å². The van der Waals surface area contributed by atoms with E-state index in [1.54, 1.807) is 0 Å². The quantitative estimate of drug-likeness (QED) is 0.776. The molecule has 0 aliphatic carbocycles. The van der Waals surface area contributed by atoms with Crippen LogP contribution in [0.15, 0.2) is 24.3 Å². The minimum Gasteiger partial charge on any atom is -0.385 e. The highest BCUT2D eigenvalue weighted by molar-refractivity contribution is 7.98. The van der Waals surface area contributed by atoms with E-state index in [9.17, 15) is 4.79 Å². The molecule has 1 amide bonds. The molecular formula is C15H22N2OS. The summed E-state index contributed by atoms with van der Waals surface area (Å²) in [6, 6.07) is 8.20. The molecule has 1 aromatic carbocycles. The minimum absolute atomic E-state index is 0.248. The molecule has 0 atom stereocenters. The molecule has 0 aromatic heterocycles. The van der Waals surface area contributed by atoms with E-state index < -0.39 is 0 Å². The van der Waals surface area contributed by atoms with Crippen LogP contribution in [0.5, 0.6) is 0 Å². The van der Waals surface area contributed by atoms with Crippen LogP contribution in [0, 0.1) is 0 Å². The Bertz CT molecular complexity index is 405. The Labute approximate surface area is 119 Å². The lowest BCUT2D eigenvalue weighted by Crippen LogP contribution is -2.23. The second-order valence-corrected chi connectivity index (χ2v) is 5.81. The van der Waals surface area contributed by atoms with Crippen LogP contribution in [0.3, 0.4) is 0 Å². The van der Waals surface area contributed by atoms with E-state index in [0.717, 1.165) is 30.9 Å². The lowest BCUT2D eigenvalue weighted by molar-refractivity contribution is -0.117. The van der Waals surface area contributed by atoms with Crippen molar-refractivity contribution in [2.45, 2.75) is 25.7 Å². The Morgan fingerprint density at radius 2 is 2.05 bits per heavy atom. The van der Waals surface area contributed by atoms with Gasteiger partial charge in [-0.25, -0.2) is 0 Å². The Morgan fingerprint density at radius 3 is 2.68 bits per heavy atom. The summed E-state index contributed by atoms with van der Waals surface area (Å²) in [4.78, 5) is 13.5. The number of rotatable bonds is 7. The maximum Gasteiger partial charge on any atom is 0.227 e. The normalized spacial score (nSPS) is 15.0. The topological polar surface area (TPSA) is 32.3 Å². The number of carbonyl (C=O) groups is 1. The fourth-order valence-electron chi connectivity index (χ4n) is 2.28. The van der Waals surface area contributed by atoms with Gasteiger partial charge in [0, 0.05) is 30.9 Å². The van der Waals surface area contributed by atoms with Crippen molar-refractivity contribution in [2.24, 2.45) is 0 Å². The predicted octanol–water partition coefficient (Wildman–Crippen LogP) is 3.37. The molecule has 2 rings (SSSR count). The molecule has 1 heterocycles. The second-order valence-electron chi connectivity index (χ2n) is 4.82. The number of carbonyl (C=O) groups excluding carboxylic acids is 1. The average molecular weight is 278 g/mol. The molecule has 0 spiro atoms. The summed E-state index contributed by atoms with van der Waals surface area (Å²) in [5.41, 5.74) is 2.16. The van der Waals surface area contributed by atoms with Crippen molar-refractivity contribution in [1.29, 1.82) is 0 Å². The van der Waals surface area contributed by atoms with Gasteiger partial charge in [0.2, 0.25) is 5.91 Å². The van der Waals surface area contributed by atoms with Crippen molar-refractivity contribution in [3.05, 3.63) is 24.3 Å². The largest absolute Gasteiger partial charge is 0.385 e. The third kappa shape index (κ3) is 4.16. The van der Waals surface area contributed by atoms with Crippen LogP contribution in [0.2, 0.25) is 0 Å². The number of benzene rings is 1. The zero-order valence-electron chi connectivity index (χ0n) is 11.5. The molecule has 3 nitrogen and oxygen atoms in total. The Balaban J connectivity index is 1.79. The second kappa shape index (κ2) is 7.43. The third-order valence-corrected chi connectivity index (χ3v) is 4.05. The van der Waals surface area contributed by atoms with Gasteiger partial charge >= 0.3 is 0 Å². The molecular weight excluding hydrogens is 256 g/mol. The Hall–Kier alpha value is -1.16. The summed E-state index contributed by atoms with van der Waals surface area (Å²) >= 11 is 1.90. The van der Waals surface area contributed by atoms with Crippen LogP contribution in [-0.4, -0.2) is 31.0 Å². The van der Waals surface area contributed by atoms with Crippen molar-refractivity contribution in [2.75, 3.05) is 35.3 Å². The maximum absolute atomic E-state index is 11.6. The number of nitrogens with zero attached hydrogens (tertiary/aromatic N) is 1. The molecule has 1 saturated heterocycles. The maximum atomic E-state index is 11.6. The van der Waals surface area contributed by atoms with Crippen molar-refractivity contribution in [3.8, 4) is 0 Å². The fraction of sp³-hybridized carbons (Fsp3) is 0.533. The fourth-order valence-corrected chi connectivity index (χ4v) is 2.78. The summed E-state index contributed by atoms with van der Waals surface area (Å²) in [7, 11) is 0. The summed E-state index contributed by atoms with van der Waals surface area (Å²) in [5.74, 6) is 1.48. The molecule has 1 aromatic rings. The number of nitrogens with one attached hydrogen (secondary N) is 1. The highest BCUT2D eigenvalue weighted by Crippen LogP contribution is 2.22. The highest BCUT2D eigenvalue weighted by Gasteiger charge is 2.21. The molecule has 0 bridgehead atoms. The molecule has 1 aliphatic heterocycles. The molecule has 104 valence electrons. The van der Waals surface area contributed by atoms with Crippen LogP contribution >= 0.6 is 11.8 Å². The van der Waals surface area contributed by atoms with Crippen LogP contribution in [0.1, 0.15) is 25.7 Å². The van der Waals surface area contributed by atoms with Crippen molar-refractivity contribution in [1.82, 2.24) is 0 Å². The van der Waals surface area contributed by atoms with Gasteiger partial charge < -0.3 is 10.2 Å². The zero-order chi connectivity index (χ0) is 13.5. The van der Waals surface area contributed by atoms with Crippen LogP contribution in [0.4, 0.5) is 11.4 Å². The van der Waals surface area contributed by atoms with Gasteiger partial charge in [0.05, 0.1) is 0 Å².